The van der Waals surface area contributed by atoms with Gasteiger partial charge < -0.3 is 0 Å². The standard InChI is InChI=1S/C20H11NO/c22-18-7-3-5-12-8-9-17-16(19(12)18)11-14-10-13-4-1-2-6-15(13)20(14)21-17/h1-11H. The summed E-state index contributed by atoms with van der Waals surface area (Å²) in [7, 11) is 0. The molecule has 1 heterocycles. The Labute approximate surface area is 126 Å². The molecule has 0 radical (unpaired) electrons. The lowest BCUT2D eigenvalue weighted by atomic mass is 9.97. The molecule has 102 valence electrons. The molecule has 5 rings (SSSR count). The van der Waals surface area contributed by atoms with Crippen molar-refractivity contribution in [1.82, 2.24) is 4.98 Å². The Bertz CT molecular complexity index is 1230. The maximum atomic E-state index is 12.3. The molecule has 2 nitrogen and oxygen atoms in total. The minimum Gasteiger partial charge on any atom is -0.289 e. The van der Waals surface area contributed by atoms with Gasteiger partial charge >= 0.3 is 0 Å². The van der Waals surface area contributed by atoms with Crippen LogP contribution >= 0.6 is 0 Å². The van der Waals surface area contributed by atoms with Crippen LogP contribution in [0.25, 0.3) is 23.1 Å². The maximum Gasteiger partial charge on any atom is 0.187 e. The van der Waals surface area contributed by atoms with Gasteiger partial charge in [0.15, 0.2) is 5.78 Å². The van der Waals surface area contributed by atoms with Crippen LogP contribution in [0, 0.1) is 10.6 Å². The number of rotatable bonds is 0. The number of carbonyl (C=O) groups is 1. The topological polar surface area (TPSA) is 30.0 Å². The SMILES string of the molecule is O=C1C=CC=c2ccc3nc4c(cc3c21)C=c1ccccc1=4. The number of carbonyl (C=O) groups excluding carboxylic acids is 1. The van der Waals surface area contributed by atoms with E-state index in [9.17, 15) is 4.79 Å². The van der Waals surface area contributed by atoms with E-state index in [2.05, 4.69) is 24.3 Å². The number of benzene rings is 2. The minimum atomic E-state index is 0.0559. The molecule has 0 fully saturated rings. The maximum absolute atomic E-state index is 12.3. The molecule has 0 unspecified atom stereocenters. The second kappa shape index (κ2) is 4.01. The number of ketones is 1. The Morgan fingerprint density at radius 1 is 0.955 bits per heavy atom. The first-order valence-electron chi connectivity index (χ1n) is 7.29. The van der Waals surface area contributed by atoms with Gasteiger partial charge in [-0.05, 0) is 34.7 Å². The highest BCUT2D eigenvalue weighted by molar-refractivity contribution is 6.14. The number of pyridine rings is 1. The van der Waals surface area contributed by atoms with Crippen molar-refractivity contribution in [3.63, 3.8) is 0 Å². The first-order chi connectivity index (χ1) is 10.8. The summed E-state index contributed by atoms with van der Waals surface area (Å²) in [5, 5.41) is 5.26. The Hall–Kier alpha value is -3.00. The van der Waals surface area contributed by atoms with E-state index < -0.39 is 0 Å². The third kappa shape index (κ3) is 1.44. The Balaban J connectivity index is 2.01. The van der Waals surface area contributed by atoms with Gasteiger partial charge in [-0.15, -0.1) is 0 Å². The molecule has 0 aliphatic heterocycles. The molecule has 3 aromatic rings. The zero-order chi connectivity index (χ0) is 14.7. The quantitative estimate of drug-likeness (QED) is 0.494. The van der Waals surface area contributed by atoms with Gasteiger partial charge in [-0.3, -0.25) is 4.79 Å². The fraction of sp³-hybridized carbons (Fsp3) is 0. The lowest BCUT2D eigenvalue weighted by Gasteiger charge is -2.08. The first kappa shape index (κ1) is 11.6. The van der Waals surface area contributed by atoms with E-state index in [1.807, 2.05) is 30.3 Å². The van der Waals surface area contributed by atoms with Gasteiger partial charge in [-0.1, -0.05) is 42.5 Å². The van der Waals surface area contributed by atoms with E-state index in [0.717, 1.165) is 37.8 Å². The van der Waals surface area contributed by atoms with Gasteiger partial charge in [0.25, 0.3) is 0 Å². The van der Waals surface area contributed by atoms with Crippen LogP contribution in [0.15, 0.2) is 54.6 Å². The van der Waals surface area contributed by atoms with E-state index in [1.165, 1.54) is 5.22 Å². The summed E-state index contributed by atoms with van der Waals surface area (Å²) in [6, 6.07) is 14.3. The molecule has 1 aromatic heterocycles. The number of hydrogen-bond donors (Lipinski definition) is 0. The van der Waals surface area contributed by atoms with E-state index in [1.54, 1.807) is 12.2 Å². The first-order valence-corrected chi connectivity index (χ1v) is 7.29. The number of nitrogens with zero attached hydrogens (tertiary/aromatic N) is 1. The van der Waals surface area contributed by atoms with Crippen LogP contribution in [0.2, 0.25) is 0 Å². The van der Waals surface area contributed by atoms with Crippen molar-refractivity contribution in [2.24, 2.45) is 0 Å². The van der Waals surface area contributed by atoms with Crippen molar-refractivity contribution in [1.29, 1.82) is 0 Å². The molecule has 0 N–H and O–H groups in total. The molecule has 2 aliphatic rings. The normalized spacial score (nSPS) is 14.1. The van der Waals surface area contributed by atoms with E-state index in [4.69, 9.17) is 4.98 Å². The van der Waals surface area contributed by atoms with Gasteiger partial charge in [-0.25, -0.2) is 4.98 Å². The Morgan fingerprint density at radius 2 is 1.86 bits per heavy atom. The Morgan fingerprint density at radius 3 is 2.82 bits per heavy atom. The zero-order valence-corrected chi connectivity index (χ0v) is 11.7. The number of allylic oxidation sites excluding steroid dienone is 2. The number of fused-ring (bicyclic) bond motifs is 5. The summed E-state index contributed by atoms with van der Waals surface area (Å²) in [5.74, 6) is 0.0559. The molecule has 0 atom stereocenters. The third-order valence-corrected chi connectivity index (χ3v) is 4.36. The van der Waals surface area contributed by atoms with Gasteiger partial charge in [-0.2, -0.15) is 0 Å². The molecule has 0 amide bonds. The van der Waals surface area contributed by atoms with Crippen molar-refractivity contribution in [2.75, 3.05) is 0 Å². The molecule has 0 spiro atoms. The highest BCUT2D eigenvalue weighted by Gasteiger charge is 2.14. The molecule has 2 aliphatic carbocycles. The van der Waals surface area contributed by atoms with Gasteiger partial charge in [0.05, 0.1) is 10.9 Å². The van der Waals surface area contributed by atoms with Crippen LogP contribution in [-0.4, -0.2) is 10.8 Å². The van der Waals surface area contributed by atoms with Crippen molar-refractivity contribution < 1.29 is 4.79 Å². The summed E-state index contributed by atoms with van der Waals surface area (Å²) in [6.45, 7) is 0. The number of hydrogen-bond acceptors (Lipinski definition) is 2. The summed E-state index contributed by atoms with van der Waals surface area (Å²) in [4.78, 5) is 17.1. The molecular weight excluding hydrogens is 270 g/mol. The molecular formula is C20H11NO. The van der Waals surface area contributed by atoms with Gasteiger partial charge in [0.2, 0.25) is 0 Å². The molecule has 22 heavy (non-hydrogen) atoms. The van der Waals surface area contributed by atoms with E-state index in [-0.39, 0.29) is 5.78 Å². The highest BCUT2D eigenvalue weighted by atomic mass is 16.1. The van der Waals surface area contributed by atoms with Crippen LogP contribution in [0.4, 0.5) is 0 Å². The van der Waals surface area contributed by atoms with Crippen molar-refractivity contribution >= 4 is 28.8 Å². The summed E-state index contributed by atoms with van der Waals surface area (Å²) < 4.78 is 0. The van der Waals surface area contributed by atoms with Crippen molar-refractivity contribution in [3.05, 3.63) is 86.7 Å². The predicted molar refractivity (Wildman–Crippen MR) is 86.6 cm³/mol. The summed E-state index contributed by atoms with van der Waals surface area (Å²) in [6.07, 6.45) is 7.54. The lowest BCUT2D eigenvalue weighted by Crippen LogP contribution is -2.16. The van der Waals surface area contributed by atoms with Crippen LogP contribution < -0.4 is 10.4 Å². The van der Waals surface area contributed by atoms with Crippen LogP contribution in [0.3, 0.4) is 0 Å². The summed E-state index contributed by atoms with van der Waals surface area (Å²) >= 11 is 0. The third-order valence-electron chi connectivity index (χ3n) is 4.36. The van der Waals surface area contributed by atoms with Crippen LogP contribution in [0.1, 0.15) is 15.9 Å². The fourth-order valence-electron chi connectivity index (χ4n) is 3.35. The monoisotopic (exact) mass is 281 g/mol. The smallest absolute Gasteiger partial charge is 0.187 e. The van der Waals surface area contributed by atoms with Gasteiger partial charge in [0, 0.05) is 21.7 Å². The molecule has 2 heteroatoms. The molecule has 2 aromatic carbocycles. The molecule has 0 saturated heterocycles. The van der Waals surface area contributed by atoms with Crippen LogP contribution in [-0.2, 0) is 0 Å². The second-order valence-electron chi connectivity index (χ2n) is 5.64. The lowest BCUT2D eigenvalue weighted by molar-refractivity contribution is 0.104. The van der Waals surface area contributed by atoms with Crippen molar-refractivity contribution in [2.45, 2.75) is 0 Å². The summed E-state index contributed by atoms with van der Waals surface area (Å²) in [5.41, 5.74) is 2.73. The fourth-order valence-corrected chi connectivity index (χ4v) is 3.35. The number of aromatic nitrogens is 1. The average molecular weight is 281 g/mol. The molecule has 0 bridgehead atoms. The Kier molecular flexibility index (Phi) is 2.12. The predicted octanol–water partition coefficient (Wildman–Crippen LogP) is 2.20. The van der Waals surface area contributed by atoms with E-state index in [0.29, 0.717) is 0 Å². The highest BCUT2D eigenvalue weighted by Crippen LogP contribution is 2.20. The van der Waals surface area contributed by atoms with Crippen LogP contribution in [0.5, 0.6) is 0 Å². The van der Waals surface area contributed by atoms with Crippen molar-refractivity contribution in [3.8, 4) is 0 Å². The average Bonchev–Trinajstić information content (AvgIpc) is 2.90. The minimum absolute atomic E-state index is 0.0559. The second-order valence-corrected chi connectivity index (χ2v) is 5.64. The van der Waals surface area contributed by atoms with E-state index >= 15 is 0 Å². The van der Waals surface area contributed by atoms with Gasteiger partial charge in [0.1, 0.15) is 0 Å². The largest absolute Gasteiger partial charge is 0.289 e. The molecule has 0 saturated carbocycles. The zero-order valence-electron chi connectivity index (χ0n) is 11.7.